The molecule has 1 aliphatic carbocycles. The summed E-state index contributed by atoms with van der Waals surface area (Å²) in [4.78, 5) is 9.71. The lowest BCUT2D eigenvalue weighted by molar-refractivity contribution is -0.353. The Morgan fingerprint density at radius 3 is 2.20 bits per heavy atom. The summed E-state index contributed by atoms with van der Waals surface area (Å²) < 4.78 is 24.2. The first-order valence-corrected chi connectivity index (χ1v) is 15.4. The van der Waals surface area contributed by atoms with Crippen molar-refractivity contribution in [3.05, 3.63) is 29.6 Å². The van der Waals surface area contributed by atoms with Crippen LogP contribution < -0.4 is 5.48 Å². The van der Waals surface area contributed by atoms with E-state index < -0.39 is 110 Å². The lowest BCUT2D eigenvalue weighted by atomic mass is 9.65. The van der Waals surface area contributed by atoms with E-state index in [1.54, 1.807) is 12.4 Å². The number of aliphatic hydroxyl groups excluding tert-OH is 8. The van der Waals surface area contributed by atoms with Gasteiger partial charge in [-0.15, -0.1) is 0 Å². The van der Waals surface area contributed by atoms with Crippen molar-refractivity contribution >= 4 is 0 Å². The highest BCUT2D eigenvalue weighted by molar-refractivity contribution is 5.15. The number of aliphatic hydroxyl groups is 8. The van der Waals surface area contributed by atoms with Gasteiger partial charge in [0, 0.05) is 30.8 Å². The van der Waals surface area contributed by atoms with E-state index in [1.165, 1.54) is 6.92 Å². The van der Waals surface area contributed by atoms with Crippen LogP contribution >= 0.6 is 0 Å². The molecule has 1 aromatic rings. The first-order valence-electron chi connectivity index (χ1n) is 15.4. The monoisotopic (exact) mass is 646 g/mol. The van der Waals surface area contributed by atoms with Gasteiger partial charge in [0.05, 0.1) is 37.6 Å². The van der Waals surface area contributed by atoms with E-state index in [2.05, 4.69) is 10.5 Å². The molecule has 15 atom stereocenters. The molecule has 1 aromatic heterocycles. The Morgan fingerprint density at radius 2 is 1.58 bits per heavy atom. The Labute approximate surface area is 262 Å². The molecule has 3 aliphatic rings. The minimum absolute atomic E-state index is 0.0562. The average Bonchev–Trinajstić information content (AvgIpc) is 2.98. The highest BCUT2D eigenvalue weighted by atomic mass is 16.7. The zero-order valence-electron chi connectivity index (χ0n) is 26.3. The van der Waals surface area contributed by atoms with Crippen molar-refractivity contribution in [2.75, 3.05) is 13.2 Å². The molecule has 9 N–H and O–H groups in total. The van der Waals surface area contributed by atoms with Gasteiger partial charge in [-0.25, -0.2) is 0 Å². The molecule has 3 fully saturated rings. The molecule has 15 nitrogen and oxygen atoms in total. The molecule has 0 bridgehead atoms. The Bertz CT molecular complexity index is 1080. The van der Waals surface area contributed by atoms with E-state index in [0.717, 1.165) is 11.1 Å². The van der Waals surface area contributed by atoms with Crippen molar-refractivity contribution in [1.29, 1.82) is 0 Å². The summed E-state index contributed by atoms with van der Waals surface area (Å²) in [5.74, 6) is -1.37. The zero-order chi connectivity index (χ0) is 33.2. The van der Waals surface area contributed by atoms with Crippen LogP contribution in [0.1, 0.15) is 45.2 Å². The molecule has 0 radical (unpaired) electrons. The molecule has 0 spiro atoms. The number of aromatic nitrogens is 1. The van der Waals surface area contributed by atoms with Gasteiger partial charge in [-0.3, -0.25) is 9.82 Å². The molecule has 3 heterocycles. The molecular weight excluding hydrogens is 596 g/mol. The summed E-state index contributed by atoms with van der Waals surface area (Å²) in [5, 5.41) is 85.1. The van der Waals surface area contributed by atoms with Crippen LogP contribution in [0.25, 0.3) is 0 Å². The third-order valence-corrected chi connectivity index (χ3v) is 9.01. The SMILES string of the molecule is Cc1cncc(CON[C@@H]2OC(CO)[C@@H](O[C@@H]3CC(CO)[C@H](O)[C@@H](O)C3C(C)(C)C)[C@@H](O[C@H]3OC(C)[C@H](O)[C@@H](O)C3O)C2O)c1. The van der Waals surface area contributed by atoms with E-state index in [-0.39, 0.29) is 13.0 Å². The van der Waals surface area contributed by atoms with E-state index in [9.17, 15) is 40.9 Å². The fourth-order valence-electron chi connectivity index (χ4n) is 6.57. The second-order valence-electron chi connectivity index (χ2n) is 13.5. The van der Waals surface area contributed by atoms with Crippen LogP contribution in [0.2, 0.25) is 0 Å². The van der Waals surface area contributed by atoms with Crippen molar-refractivity contribution in [1.82, 2.24) is 10.5 Å². The lowest BCUT2D eigenvalue weighted by Crippen LogP contribution is -2.67. The normalized spacial score (nSPS) is 42.9. The number of nitrogens with zero attached hydrogens (tertiary/aromatic N) is 1. The second-order valence-corrected chi connectivity index (χ2v) is 13.5. The van der Waals surface area contributed by atoms with Crippen LogP contribution in [0.15, 0.2) is 18.5 Å². The van der Waals surface area contributed by atoms with Crippen LogP contribution in [0.5, 0.6) is 0 Å². The third-order valence-electron chi connectivity index (χ3n) is 9.01. The largest absolute Gasteiger partial charge is 0.396 e. The number of hydrogen-bond donors (Lipinski definition) is 9. The van der Waals surface area contributed by atoms with Gasteiger partial charge in [0.15, 0.2) is 12.5 Å². The zero-order valence-corrected chi connectivity index (χ0v) is 26.3. The Kier molecular flexibility index (Phi) is 12.3. The van der Waals surface area contributed by atoms with Gasteiger partial charge in [0.25, 0.3) is 0 Å². The van der Waals surface area contributed by atoms with Gasteiger partial charge in [-0.1, -0.05) is 26.8 Å². The predicted octanol–water partition coefficient (Wildman–Crippen LogP) is -2.15. The summed E-state index contributed by atoms with van der Waals surface area (Å²) in [5.41, 5.74) is 3.72. The average molecular weight is 647 g/mol. The first-order chi connectivity index (χ1) is 21.2. The number of hydrogen-bond acceptors (Lipinski definition) is 15. The molecule has 4 rings (SSSR count). The van der Waals surface area contributed by atoms with Crippen molar-refractivity contribution in [3.8, 4) is 0 Å². The van der Waals surface area contributed by atoms with Crippen molar-refractivity contribution in [3.63, 3.8) is 0 Å². The highest BCUT2D eigenvalue weighted by Crippen LogP contribution is 2.43. The highest BCUT2D eigenvalue weighted by Gasteiger charge is 2.55. The molecule has 45 heavy (non-hydrogen) atoms. The van der Waals surface area contributed by atoms with Gasteiger partial charge in [0.2, 0.25) is 0 Å². The van der Waals surface area contributed by atoms with Gasteiger partial charge >= 0.3 is 0 Å². The summed E-state index contributed by atoms with van der Waals surface area (Å²) in [6.45, 7) is 8.00. The summed E-state index contributed by atoms with van der Waals surface area (Å²) in [6, 6.07) is 1.86. The Balaban J connectivity index is 1.62. The third kappa shape index (κ3) is 8.18. The van der Waals surface area contributed by atoms with E-state index in [0.29, 0.717) is 0 Å². The van der Waals surface area contributed by atoms with Crippen LogP contribution in [-0.4, -0.2) is 139 Å². The molecule has 0 aromatic carbocycles. The van der Waals surface area contributed by atoms with Gasteiger partial charge in [-0.05, 0) is 36.8 Å². The number of pyridine rings is 1. The summed E-state index contributed by atoms with van der Waals surface area (Å²) in [6.07, 6.45) is -13.6. The fourth-order valence-corrected chi connectivity index (χ4v) is 6.57. The quantitative estimate of drug-likeness (QED) is 0.123. The minimum Gasteiger partial charge on any atom is -0.396 e. The molecule has 15 heteroatoms. The summed E-state index contributed by atoms with van der Waals surface area (Å²) in [7, 11) is 0. The van der Waals surface area contributed by atoms with Crippen molar-refractivity contribution in [2.24, 2.45) is 17.3 Å². The molecule has 258 valence electrons. The smallest absolute Gasteiger partial charge is 0.187 e. The number of aryl methyl sites for hydroxylation is 1. The maximum Gasteiger partial charge on any atom is 0.187 e. The van der Waals surface area contributed by atoms with Gasteiger partial charge in [-0.2, -0.15) is 5.48 Å². The van der Waals surface area contributed by atoms with E-state index in [4.69, 9.17) is 23.8 Å². The van der Waals surface area contributed by atoms with E-state index in [1.807, 2.05) is 33.8 Å². The van der Waals surface area contributed by atoms with Crippen LogP contribution in [-0.2, 0) is 30.4 Å². The number of ether oxygens (including phenoxy) is 4. The standard InChI is InChI=1S/C30H50N2O13/c1-13-6-15(9-31-8-13)12-41-32-28-25(40)27(45-29-24(39)23(38)20(35)14(2)42-29)26(18(11-34)44-28)43-17-7-16(10-33)21(36)22(37)19(17)30(3,4)5/h6,8-9,14,16-29,32-40H,7,10-12H2,1-5H3/t14?,16?,17-,18?,19?,20+,21+,22+,23-,24?,25?,26-,27+,28-,29-/m1/s1. The fraction of sp³-hybridized carbons (Fsp3) is 0.833. The van der Waals surface area contributed by atoms with E-state index >= 15 is 0 Å². The maximum absolute atomic E-state index is 11.6. The maximum atomic E-state index is 11.6. The molecule has 6 unspecified atom stereocenters. The minimum atomic E-state index is -1.70. The topological polar surface area (TPSA) is 233 Å². The number of nitrogens with one attached hydrogen (secondary N) is 1. The Morgan fingerprint density at radius 1 is 0.867 bits per heavy atom. The molecule has 0 amide bonds. The molecular formula is C30H50N2O13. The van der Waals surface area contributed by atoms with Crippen LogP contribution in [0.4, 0.5) is 0 Å². The van der Waals surface area contributed by atoms with Crippen LogP contribution in [0, 0.1) is 24.2 Å². The molecule has 1 saturated carbocycles. The number of hydroxylamine groups is 1. The second kappa shape index (κ2) is 15.2. The van der Waals surface area contributed by atoms with Gasteiger partial charge in [0.1, 0.15) is 42.7 Å². The first kappa shape index (κ1) is 36.4. The van der Waals surface area contributed by atoms with Crippen LogP contribution in [0.3, 0.4) is 0 Å². The number of rotatable bonds is 10. The summed E-state index contributed by atoms with van der Waals surface area (Å²) >= 11 is 0. The van der Waals surface area contributed by atoms with Crippen molar-refractivity contribution < 1.29 is 64.6 Å². The molecule has 2 saturated heterocycles. The van der Waals surface area contributed by atoms with Crippen molar-refractivity contribution in [2.45, 2.75) is 127 Å². The van der Waals surface area contributed by atoms with Gasteiger partial charge < -0.3 is 59.8 Å². The molecule has 2 aliphatic heterocycles. The predicted molar refractivity (Wildman–Crippen MR) is 155 cm³/mol. The Hall–Kier alpha value is -1.41. The lowest BCUT2D eigenvalue weighted by Gasteiger charge is -2.52.